The van der Waals surface area contributed by atoms with Crippen molar-refractivity contribution in [3.8, 4) is 0 Å². The second-order valence-electron chi connectivity index (χ2n) is 5.97. The average molecular weight is 419 g/mol. The van der Waals surface area contributed by atoms with Crippen LogP contribution in [0.2, 0.25) is 0 Å². The Balaban J connectivity index is 0.00000288. The number of hydrogen-bond donors (Lipinski definition) is 3. The second kappa shape index (κ2) is 10.7. The van der Waals surface area contributed by atoms with Crippen LogP contribution >= 0.6 is 28.3 Å². The molecule has 2 amide bonds. The lowest BCUT2D eigenvalue weighted by atomic mass is 9.84. The van der Waals surface area contributed by atoms with Gasteiger partial charge in [-0.25, -0.2) is 0 Å². The summed E-state index contributed by atoms with van der Waals surface area (Å²) in [6, 6.07) is 7.30. The number of halogens is 2. The zero-order chi connectivity index (χ0) is 16.7. The molecule has 2 atom stereocenters. The number of carbonyl (C=O) groups excluding carboxylic acids is 2. The molecule has 0 saturated heterocycles. The molecule has 1 aromatic rings. The summed E-state index contributed by atoms with van der Waals surface area (Å²) in [4.78, 5) is 24.0. The zero-order valence-electron chi connectivity index (χ0n) is 13.6. The largest absolute Gasteiger partial charge is 0.353 e. The smallest absolute Gasteiger partial charge is 0.251 e. The molecule has 0 aromatic heterocycles. The quantitative estimate of drug-likeness (QED) is 0.664. The van der Waals surface area contributed by atoms with Crippen molar-refractivity contribution in [2.75, 3.05) is 13.1 Å². The van der Waals surface area contributed by atoms with E-state index in [0.29, 0.717) is 24.6 Å². The van der Waals surface area contributed by atoms with Gasteiger partial charge in [-0.2, -0.15) is 0 Å². The summed E-state index contributed by atoms with van der Waals surface area (Å²) in [6.07, 6.45) is 4.70. The van der Waals surface area contributed by atoms with Crippen molar-refractivity contribution in [3.63, 3.8) is 0 Å². The third kappa shape index (κ3) is 6.42. The SMILES string of the molecule is Cl.NCC1CCCCC1NC(=O)CCNC(=O)c1ccc(Br)cc1. The lowest BCUT2D eigenvalue weighted by Crippen LogP contribution is -2.45. The molecular weight excluding hydrogens is 394 g/mol. The fourth-order valence-electron chi connectivity index (χ4n) is 2.95. The third-order valence-electron chi connectivity index (χ3n) is 4.30. The highest BCUT2D eigenvalue weighted by molar-refractivity contribution is 9.10. The van der Waals surface area contributed by atoms with Crippen molar-refractivity contribution < 1.29 is 9.59 Å². The van der Waals surface area contributed by atoms with Gasteiger partial charge < -0.3 is 16.4 Å². The Hall–Kier alpha value is -1.11. The number of nitrogens with two attached hydrogens (primary N) is 1. The van der Waals surface area contributed by atoms with Crippen LogP contribution in [0.4, 0.5) is 0 Å². The molecule has 1 fully saturated rings. The number of benzene rings is 1. The van der Waals surface area contributed by atoms with E-state index in [1.54, 1.807) is 12.1 Å². The molecule has 4 N–H and O–H groups in total. The molecule has 5 nitrogen and oxygen atoms in total. The van der Waals surface area contributed by atoms with Crippen LogP contribution < -0.4 is 16.4 Å². The van der Waals surface area contributed by atoms with Crippen molar-refractivity contribution in [1.29, 1.82) is 0 Å². The van der Waals surface area contributed by atoms with Crippen molar-refractivity contribution in [1.82, 2.24) is 10.6 Å². The van der Waals surface area contributed by atoms with Gasteiger partial charge in [0.05, 0.1) is 0 Å². The van der Waals surface area contributed by atoms with Gasteiger partial charge in [0.15, 0.2) is 0 Å². The van der Waals surface area contributed by atoms with Crippen LogP contribution in [0.3, 0.4) is 0 Å². The van der Waals surface area contributed by atoms with Crippen LogP contribution in [0.1, 0.15) is 42.5 Å². The highest BCUT2D eigenvalue weighted by Crippen LogP contribution is 2.23. The standard InChI is InChI=1S/C17H24BrN3O2.ClH/c18-14-7-5-12(6-8-14)17(23)20-10-9-16(22)21-15-4-2-1-3-13(15)11-19;/h5-8,13,15H,1-4,9-11,19H2,(H,20,23)(H,21,22);1H. The van der Waals surface area contributed by atoms with Gasteiger partial charge in [0.25, 0.3) is 5.91 Å². The van der Waals surface area contributed by atoms with Crippen LogP contribution in [0.5, 0.6) is 0 Å². The molecule has 1 aliphatic carbocycles. The summed E-state index contributed by atoms with van der Waals surface area (Å²) in [5, 5.41) is 5.84. The number of hydrogen-bond acceptors (Lipinski definition) is 3. The number of carbonyl (C=O) groups is 2. The molecule has 7 heteroatoms. The van der Waals surface area contributed by atoms with E-state index < -0.39 is 0 Å². The first-order valence-electron chi connectivity index (χ1n) is 8.13. The lowest BCUT2D eigenvalue weighted by Gasteiger charge is -2.31. The molecule has 0 heterocycles. The van der Waals surface area contributed by atoms with Crippen LogP contribution in [-0.2, 0) is 4.79 Å². The highest BCUT2D eigenvalue weighted by atomic mass is 79.9. The number of nitrogens with one attached hydrogen (secondary N) is 2. The predicted molar refractivity (Wildman–Crippen MR) is 101 cm³/mol. The van der Waals surface area contributed by atoms with E-state index >= 15 is 0 Å². The Morgan fingerprint density at radius 1 is 1.17 bits per heavy atom. The third-order valence-corrected chi connectivity index (χ3v) is 4.83. The molecule has 1 aromatic carbocycles. The van der Waals surface area contributed by atoms with Crippen LogP contribution in [0.15, 0.2) is 28.7 Å². The number of amides is 2. The molecule has 1 aliphatic rings. The van der Waals surface area contributed by atoms with Gasteiger partial charge in [0.2, 0.25) is 5.91 Å². The fourth-order valence-corrected chi connectivity index (χ4v) is 3.22. The first kappa shape index (κ1) is 20.9. The van der Waals surface area contributed by atoms with Crippen LogP contribution in [0.25, 0.3) is 0 Å². The topological polar surface area (TPSA) is 84.2 Å². The fraction of sp³-hybridized carbons (Fsp3) is 0.529. The maximum atomic E-state index is 12.0. The Morgan fingerprint density at radius 2 is 1.83 bits per heavy atom. The molecule has 2 rings (SSSR count). The summed E-state index contributed by atoms with van der Waals surface area (Å²) in [7, 11) is 0. The summed E-state index contributed by atoms with van der Waals surface area (Å²) in [5.41, 5.74) is 6.36. The van der Waals surface area contributed by atoms with Crippen LogP contribution in [-0.4, -0.2) is 30.9 Å². The first-order valence-corrected chi connectivity index (χ1v) is 8.92. The van der Waals surface area contributed by atoms with Crippen molar-refractivity contribution in [3.05, 3.63) is 34.3 Å². The zero-order valence-corrected chi connectivity index (χ0v) is 16.0. The predicted octanol–water partition coefficient (Wildman–Crippen LogP) is 2.62. The van der Waals surface area contributed by atoms with Gasteiger partial charge in [-0.1, -0.05) is 28.8 Å². The van der Waals surface area contributed by atoms with E-state index in [2.05, 4.69) is 26.6 Å². The van der Waals surface area contributed by atoms with Gasteiger partial charge in [0, 0.05) is 29.0 Å². The maximum absolute atomic E-state index is 12.0. The number of rotatable bonds is 6. The van der Waals surface area contributed by atoms with Gasteiger partial charge >= 0.3 is 0 Å². The summed E-state index contributed by atoms with van der Waals surface area (Å²) in [5.74, 6) is 0.194. The van der Waals surface area contributed by atoms with Gasteiger partial charge in [-0.05, 0) is 49.6 Å². The minimum Gasteiger partial charge on any atom is -0.353 e. The first-order chi connectivity index (χ1) is 11.1. The molecule has 24 heavy (non-hydrogen) atoms. The van der Waals surface area contributed by atoms with E-state index in [1.807, 2.05) is 12.1 Å². The molecule has 134 valence electrons. The minimum atomic E-state index is -0.164. The van der Waals surface area contributed by atoms with E-state index in [-0.39, 0.29) is 36.7 Å². The minimum absolute atomic E-state index is 0. The molecule has 2 unspecified atom stereocenters. The Morgan fingerprint density at radius 3 is 2.50 bits per heavy atom. The molecule has 0 aliphatic heterocycles. The van der Waals surface area contributed by atoms with E-state index in [9.17, 15) is 9.59 Å². The second-order valence-corrected chi connectivity index (χ2v) is 6.88. The maximum Gasteiger partial charge on any atom is 0.251 e. The van der Waals surface area contributed by atoms with Crippen molar-refractivity contribution >= 4 is 40.2 Å². The molecule has 0 bridgehead atoms. The normalized spacial score (nSPS) is 19.9. The van der Waals surface area contributed by atoms with E-state index in [4.69, 9.17) is 5.73 Å². The van der Waals surface area contributed by atoms with E-state index in [0.717, 1.165) is 23.7 Å². The summed E-state index contributed by atoms with van der Waals surface area (Å²) in [6.45, 7) is 0.950. The molecule has 0 radical (unpaired) electrons. The summed E-state index contributed by atoms with van der Waals surface area (Å²) >= 11 is 3.33. The Kier molecular flexibility index (Phi) is 9.33. The Labute approximate surface area is 157 Å². The average Bonchev–Trinajstić information content (AvgIpc) is 2.56. The Bertz CT molecular complexity index is 539. The molecular formula is C17H25BrClN3O2. The van der Waals surface area contributed by atoms with Crippen LogP contribution in [0, 0.1) is 5.92 Å². The van der Waals surface area contributed by atoms with Crippen molar-refractivity contribution in [2.24, 2.45) is 11.7 Å². The van der Waals surface area contributed by atoms with Gasteiger partial charge in [0.1, 0.15) is 0 Å². The van der Waals surface area contributed by atoms with Crippen molar-refractivity contribution in [2.45, 2.75) is 38.1 Å². The summed E-state index contributed by atoms with van der Waals surface area (Å²) < 4.78 is 0.926. The van der Waals surface area contributed by atoms with Gasteiger partial charge in [-0.3, -0.25) is 9.59 Å². The monoisotopic (exact) mass is 417 g/mol. The van der Waals surface area contributed by atoms with E-state index in [1.165, 1.54) is 6.42 Å². The molecule has 0 spiro atoms. The highest BCUT2D eigenvalue weighted by Gasteiger charge is 2.25. The lowest BCUT2D eigenvalue weighted by molar-refractivity contribution is -0.122. The van der Waals surface area contributed by atoms with Gasteiger partial charge in [-0.15, -0.1) is 12.4 Å². The molecule has 1 saturated carbocycles.